The third-order valence-electron chi connectivity index (χ3n) is 3.92. The van der Waals surface area contributed by atoms with Crippen LogP contribution in [0.2, 0.25) is 0 Å². The van der Waals surface area contributed by atoms with Gasteiger partial charge in [0.1, 0.15) is 17.7 Å². The van der Waals surface area contributed by atoms with E-state index in [-0.39, 0.29) is 5.56 Å². The molecule has 2 aromatic carbocycles. The third kappa shape index (κ3) is 2.65. The molecule has 0 atom stereocenters. The molecule has 25 heavy (non-hydrogen) atoms. The molecule has 0 radical (unpaired) electrons. The second-order valence-corrected chi connectivity index (χ2v) is 5.55. The molecule has 0 aliphatic rings. The number of hydrogen-bond acceptors (Lipinski definition) is 4. The van der Waals surface area contributed by atoms with Crippen LogP contribution in [0.25, 0.3) is 22.4 Å². The molecule has 2 heterocycles. The summed E-state index contributed by atoms with van der Waals surface area (Å²) in [5.74, 6) is -0.412. The Kier molecular flexibility index (Phi) is 3.53. The second-order valence-electron chi connectivity index (χ2n) is 5.55. The fraction of sp³-hybridized carbons (Fsp3) is 0.0556. The number of carbonyl (C=O) groups excluding carboxylic acids is 1. The second kappa shape index (κ2) is 5.86. The number of aryl methyl sites for hydroxylation is 1. The number of fused-ring (bicyclic) bond motifs is 1. The van der Waals surface area contributed by atoms with Crippen LogP contribution in [-0.2, 0) is 7.05 Å². The van der Waals surface area contributed by atoms with E-state index in [1.807, 2.05) is 19.2 Å². The van der Waals surface area contributed by atoms with Crippen LogP contribution in [0.4, 0.5) is 10.1 Å². The molecule has 1 amide bonds. The lowest BCUT2D eigenvalue weighted by Gasteiger charge is -2.08. The summed E-state index contributed by atoms with van der Waals surface area (Å²) < 4.78 is 21.1. The van der Waals surface area contributed by atoms with Crippen molar-refractivity contribution >= 4 is 22.6 Å². The van der Waals surface area contributed by atoms with Crippen molar-refractivity contribution in [3.8, 4) is 11.4 Å². The largest absolute Gasteiger partial charge is 0.464 e. The maximum absolute atomic E-state index is 14.1. The van der Waals surface area contributed by atoms with Crippen molar-refractivity contribution in [1.82, 2.24) is 14.8 Å². The normalized spacial score (nSPS) is 11.0. The van der Waals surface area contributed by atoms with Gasteiger partial charge < -0.3 is 14.3 Å². The van der Waals surface area contributed by atoms with E-state index < -0.39 is 11.7 Å². The molecule has 4 aromatic rings. The minimum atomic E-state index is -0.595. The Morgan fingerprint density at radius 2 is 1.96 bits per heavy atom. The summed E-state index contributed by atoms with van der Waals surface area (Å²) in [6, 6.07) is 11.4. The van der Waals surface area contributed by atoms with E-state index in [2.05, 4.69) is 15.5 Å². The molecule has 124 valence electrons. The van der Waals surface area contributed by atoms with Crippen LogP contribution in [0.1, 0.15) is 10.4 Å². The highest BCUT2D eigenvalue weighted by molar-refractivity contribution is 6.12. The third-order valence-corrected chi connectivity index (χ3v) is 3.92. The number of anilines is 1. The smallest absolute Gasteiger partial charge is 0.259 e. The van der Waals surface area contributed by atoms with Crippen LogP contribution < -0.4 is 5.32 Å². The fourth-order valence-electron chi connectivity index (χ4n) is 2.69. The van der Waals surface area contributed by atoms with Gasteiger partial charge in [0.2, 0.25) is 0 Å². The lowest BCUT2D eigenvalue weighted by Crippen LogP contribution is -2.14. The number of nitrogens with one attached hydrogen (secondary N) is 1. The first-order valence-electron chi connectivity index (χ1n) is 7.55. The highest BCUT2D eigenvalue weighted by Crippen LogP contribution is 2.24. The predicted molar refractivity (Wildman–Crippen MR) is 90.6 cm³/mol. The standard InChI is InChI=1S/C18H13FN4O2/c1-23-10-20-22-17(23)11-2-4-12(5-3-11)21-18(24)16-13-8-9-25-15(13)7-6-14(16)19/h2-10H,1H3,(H,21,24). The summed E-state index contributed by atoms with van der Waals surface area (Å²) in [5.41, 5.74) is 1.84. The summed E-state index contributed by atoms with van der Waals surface area (Å²) in [6.45, 7) is 0. The zero-order valence-corrected chi connectivity index (χ0v) is 13.2. The molecule has 0 aliphatic heterocycles. The summed E-state index contributed by atoms with van der Waals surface area (Å²) in [6.07, 6.45) is 3.04. The van der Waals surface area contributed by atoms with E-state index in [4.69, 9.17) is 4.42 Å². The number of halogens is 1. The highest BCUT2D eigenvalue weighted by atomic mass is 19.1. The number of rotatable bonds is 3. The maximum atomic E-state index is 14.1. The molecular weight excluding hydrogens is 323 g/mol. The summed E-state index contributed by atoms with van der Waals surface area (Å²) in [4.78, 5) is 12.5. The van der Waals surface area contributed by atoms with E-state index in [1.165, 1.54) is 18.4 Å². The zero-order valence-electron chi connectivity index (χ0n) is 13.2. The molecule has 2 aromatic heterocycles. The number of furan rings is 1. The zero-order chi connectivity index (χ0) is 17.4. The Morgan fingerprint density at radius 1 is 1.16 bits per heavy atom. The molecule has 6 nitrogen and oxygen atoms in total. The average Bonchev–Trinajstić information content (AvgIpc) is 3.24. The Bertz CT molecular complexity index is 1070. The van der Waals surface area contributed by atoms with Crippen LogP contribution >= 0.6 is 0 Å². The molecule has 0 saturated carbocycles. The summed E-state index contributed by atoms with van der Waals surface area (Å²) in [7, 11) is 1.85. The minimum absolute atomic E-state index is 0.0383. The number of amides is 1. The van der Waals surface area contributed by atoms with Crippen molar-refractivity contribution in [2.75, 3.05) is 5.32 Å². The first kappa shape index (κ1) is 15.1. The molecule has 7 heteroatoms. The number of hydrogen-bond donors (Lipinski definition) is 1. The molecule has 0 saturated heterocycles. The van der Waals surface area contributed by atoms with Crippen LogP contribution in [-0.4, -0.2) is 20.7 Å². The number of benzene rings is 2. The Morgan fingerprint density at radius 3 is 2.68 bits per heavy atom. The molecule has 1 N–H and O–H groups in total. The van der Waals surface area contributed by atoms with Crippen LogP contribution in [0.15, 0.2) is 59.5 Å². The van der Waals surface area contributed by atoms with Crippen molar-refractivity contribution in [3.05, 3.63) is 66.4 Å². The van der Waals surface area contributed by atoms with Crippen molar-refractivity contribution in [3.63, 3.8) is 0 Å². The maximum Gasteiger partial charge on any atom is 0.259 e. The topological polar surface area (TPSA) is 73.0 Å². The van der Waals surface area contributed by atoms with Gasteiger partial charge in [-0.15, -0.1) is 10.2 Å². The number of carbonyl (C=O) groups is 1. The van der Waals surface area contributed by atoms with E-state index >= 15 is 0 Å². The lowest BCUT2D eigenvalue weighted by atomic mass is 10.1. The monoisotopic (exact) mass is 336 g/mol. The lowest BCUT2D eigenvalue weighted by molar-refractivity contribution is 0.102. The number of aromatic nitrogens is 3. The van der Waals surface area contributed by atoms with Crippen molar-refractivity contribution in [1.29, 1.82) is 0 Å². The van der Waals surface area contributed by atoms with Gasteiger partial charge in [-0.25, -0.2) is 4.39 Å². The van der Waals surface area contributed by atoms with Gasteiger partial charge in [-0.1, -0.05) is 0 Å². The van der Waals surface area contributed by atoms with Gasteiger partial charge in [0.15, 0.2) is 5.82 Å². The molecule has 0 unspecified atom stereocenters. The first-order chi connectivity index (χ1) is 12.1. The molecule has 0 aliphatic carbocycles. The Balaban J connectivity index is 1.61. The van der Waals surface area contributed by atoms with Crippen LogP contribution in [0, 0.1) is 5.82 Å². The van der Waals surface area contributed by atoms with Gasteiger partial charge >= 0.3 is 0 Å². The first-order valence-corrected chi connectivity index (χ1v) is 7.55. The van der Waals surface area contributed by atoms with Crippen LogP contribution in [0.5, 0.6) is 0 Å². The minimum Gasteiger partial charge on any atom is -0.464 e. The average molecular weight is 336 g/mol. The van der Waals surface area contributed by atoms with Gasteiger partial charge in [-0.05, 0) is 42.5 Å². The van der Waals surface area contributed by atoms with E-state index in [1.54, 1.807) is 29.1 Å². The number of nitrogens with zero attached hydrogens (tertiary/aromatic N) is 3. The summed E-state index contributed by atoms with van der Waals surface area (Å²) in [5, 5.41) is 11.0. The van der Waals surface area contributed by atoms with Crippen molar-refractivity contribution in [2.45, 2.75) is 0 Å². The molecule has 0 fully saturated rings. The van der Waals surface area contributed by atoms with Gasteiger partial charge in [-0.3, -0.25) is 4.79 Å². The van der Waals surface area contributed by atoms with E-state index in [9.17, 15) is 9.18 Å². The SMILES string of the molecule is Cn1cnnc1-c1ccc(NC(=O)c2c(F)ccc3occc23)cc1. The van der Waals surface area contributed by atoms with Crippen LogP contribution in [0.3, 0.4) is 0 Å². The summed E-state index contributed by atoms with van der Waals surface area (Å²) >= 11 is 0. The molecule has 0 spiro atoms. The van der Waals surface area contributed by atoms with E-state index in [0.717, 1.165) is 5.56 Å². The molecule has 0 bridgehead atoms. The van der Waals surface area contributed by atoms with Gasteiger partial charge in [0.25, 0.3) is 5.91 Å². The van der Waals surface area contributed by atoms with E-state index in [0.29, 0.717) is 22.5 Å². The van der Waals surface area contributed by atoms with Crippen molar-refractivity contribution in [2.24, 2.45) is 7.05 Å². The fourth-order valence-corrected chi connectivity index (χ4v) is 2.69. The Hall–Kier alpha value is -3.48. The van der Waals surface area contributed by atoms with Crippen molar-refractivity contribution < 1.29 is 13.6 Å². The Labute approximate surface area is 141 Å². The molecular formula is C18H13FN4O2. The van der Waals surface area contributed by atoms with Gasteiger partial charge in [-0.2, -0.15) is 0 Å². The van der Waals surface area contributed by atoms with Gasteiger partial charge in [0, 0.05) is 23.7 Å². The predicted octanol–water partition coefficient (Wildman–Crippen LogP) is 3.62. The highest BCUT2D eigenvalue weighted by Gasteiger charge is 2.17. The van der Waals surface area contributed by atoms with Gasteiger partial charge in [0.05, 0.1) is 11.8 Å². The quantitative estimate of drug-likeness (QED) is 0.620. The molecule has 4 rings (SSSR count).